The van der Waals surface area contributed by atoms with Gasteiger partial charge in [-0.05, 0) is 19.4 Å². The first-order chi connectivity index (χ1) is 9.70. The molecule has 7 heteroatoms. The van der Waals surface area contributed by atoms with E-state index in [2.05, 4.69) is 20.5 Å². The topological polar surface area (TPSA) is 89.1 Å². The Balaban J connectivity index is 1.88. The number of likely N-dealkylation sites (tertiary alicyclic amines) is 1. The van der Waals surface area contributed by atoms with E-state index in [4.69, 9.17) is 5.73 Å². The van der Waals surface area contributed by atoms with E-state index in [-0.39, 0.29) is 5.91 Å². The van der Waals surface area contributed by atoms with Crippen molar-refractivity contribution in [2.24, 2.45) is 12.8 Å². The van der Waals surface area contributed by atoms with E-state index in [1.165, 1.54) is 12.8 Å². The molecule has 0 saturated carbocycles. The monoisotopic (exact) mass is 280 g/mol. The summed E-state index contributed by atoms with van der Waals surface area (Å²) in [6.45, 7) is 2.99. The molecule has 1 fully saturated rings. The van der Waals surface area contributed by atoms with Crippen LogP contribution in [0.25, 0.3) is 0 Å². The molecule has 1 aromatic rings. The molecular weight excluding hydrogens is 256 g/mol. The van der Waals surface area contributed by atoms with Crippen molar-refractivity contribution in [3.8, 4) is 0 Å². The van der Waals surface area contributed by atoms with Crippen molar-refractivity contribution in [3.63, 3.8) is 0 Å². The van der Waals surface area contributed by atoms with Crippen LogP contribution in [0.15, 0.2) is 6.20 Å². The molecule has 0 aromatic carbocycles. The van der Waals surface area contributed by atoms with Crippen molar-refractivity contribution in [3.05, 3.63) is 11.9 Å². The number of amides is 1. The summed E-state index contributed by atoms with van der Waals surface area (Å²) in [6, 6.07) is 0.389. The van der Waals surface area contributed by atoms with Crippen LogP contribution in [0.1, 0.15) is 31.4 Å². The Labute approximate surface area is 119 Å². The molecule has 112 valence electrons. The summed E-state index contributed by atoms with van der Waals surface area (Å²) >= 11 is 0. The summed E-state index contributed by atoms with van der Waals surface area (Å²) < 4.78 is 1.80. The largest absolute Gasteiger partial charge is 0.354 e. The first-order valence-electron chi connectivity index (χ1n) is 7.25. The number of piperidine rings is 1. The van der Waals surface area contributed by atoms with Gasteiger partial charge in [-0.2, -0.15) is 0 Å². The summed E-state index contributed by atoms with van der Waals surface area (Å²) in [7, 11) is 1.91. The Morgan fingerprint density at radius 1 is 1.55 bits per heavy atom. The van der Waals surface area contributed by atoms with E-state index in [1.807, 2.05) is 7.05 Å². The average molecular weight is 280 g/mol. The fourth-order valence-electron chi connectivity index (χ4n) is 2.61. The zero-order valence-electron chi connectivity index (χ0n) is 12.1. The minimum Gasteiger partial charge on any atom is -0.354 e. The second kappa shape index (κ2) is 7.35. The van der Waals surface area contributed by atoms with E-state index in [9.17, 15) is 4.79 Å². The molecule has 0 aliphatic carbocycles. The third kappa shape index (κ3) is 4.01. The Kier molecular flexibility index (Phi) is 5.49. The lowest BCUT2D eigenvalue weighted by atomic mass is 10.0. The SMILES string of the molecule is Cn1nncc1CN1CCCCC1CNC(=O)CCN. The van der Waals surface area contributed by atoms with E-state index < -0.39 is 0 Å². The van der Waals surface area contributed by atoms with Gasteiger partial charge in [-0.25, -0.2) is 0 Å². The number of rotatable bonds is 6. The zero-order chi connectivity index (χ0) is 14.4. The molecule has 20 heavy (non-hydrogen) atoms. The van der Waals surface area contributed by atoms with Gasteiger partial charge in [-0.15, -0.1) is 5.10 Å². The predicted molar refractivity (Wildman–Crippen MR) is 75.7 cm³/mol. The molecule has 1 aliphatic rings. The molecule has 1 aromatic heterocycles. The lowest BCUT2D eigenvalue weighted by Gasteiger charge is -2.35. The highest BCUT2D eigenvalue weighted by Gasteiger charge is 2.23. The third-order valence-corrected chi connectivity index (χ3v) is 3.83. The van der Waals surface area contributed by atoms with Crippen LogP contribution in [-0.4, -0.2) is 51.5 Å². The van der Waals surface area contributed by atoms with Gasteiger partial charge in [0.15, 0.2) is 0 Å². The molecule has 0 bridgehead atoms. The van der Waals surface area contributed by atoms with Gasteiger partial charge in [0.1, 0.15) is 0 Å². The van der Waals surface area contributed by atoms with E-state index in [1.54, 1.807) is 10.9 Å². The molecule has 1 aliphatic heterocycles. The lowest BCUT2D eigenvalue weighted by Crippen LogP contribution is -2.46. The van der Waals surface area contributed by atoms with Crippen LogP contribution in [0.3, 0.4) is 0 Å². The normalized spacial score (nSPS) is 20.0. The standard InChI is InChI=1S/C13H24N6O/c1-18-12(9-16-17-18)10-19-7-3-2-4-11(19)8-15-13(20)5-6-14/h9,11H,2-8,10,14H2,1H3,(H,15,20). The molecular formula is C13H24N6O. The van der Waals surface area contributed by atoms with E-state index in [0.29, 0.717) is 25.6 Å². The van der Waals surface area contributed by atoms with Crippen LogP contribution < -0.4 is 11.1 Å². The smallest absolute Gasteiger partial charge is 0.221 e. The first-order valence-corrected chi connectivity index (χ1v) is 7.25. The van der Waals surface area contributed by atoms with Crippen molar-refractivity contribution in [1.82, 2.24) is 25.2 Å². The fourth-order valence-corrected chi connectivity index (χ4v) is 2.61. The van der Waals surface area contributed by atoms with Gasteiger partial charge in [-0.3, -0.25) is 14.4 Å². The summed E-state index contributed by atoms with van der Waals surface area (Å²) in [5.41, 5.74) is 6.49. The molecule has 7 nitrogen and oxygen atoms in total. The second-order valence-corrected chi connectivity index (χ2v) is 5.31. The van der Waals surface area contributed by atoms with Gasteiger partial charge in [0.05, 0.1) is 11.9 Å². The zero-order valence-corrected chi connectivity index (χ0v) is 12.1. The molecule has 0 spiro atoms. The fraction of sp³-hybridized carbons (Fsp3) is 0.769. The number of hydrogen-bond donors (Lipinski definition) is 2. The predicted octanol–water partition coefficient (Wildman–Crippen LogP) is -0.365. The van der Waals surface area contributed by atoms with Crippen LogP contribution in [0.4, 0.5) is 0 Å². The molecule has 3 N–H and O–H groups in total. The van der Waals surface area contributed by atoms with Crippen LogP contribution in [0.2, 0.25) is 0 Å². The van der Waals surface area contributed by atoms with Gasteiger partial charge in [0, 0.05) is 39.1 Å². The highest BCUT2D eigenvalue weighted by Crippen LogP contribution is 2.18. The lowest BCUT2D eigenvalue weighted by molar-refractivity contribution is -0.121. The van der Waals surface area contributed by atoms with Crippen LogP contribution in [0.5, 0.6) is 0 Å². The number of nitrogens with two attached hydrogens (primary N) is 1. The molecule has 0 radical (unpaired) electrons. The van der Waals surface area contributed by atoms with Crippen molar-refractivity contribution < 1.29 is 4.79 Å². The highest BCUT2D eigenvalue weighted by atomic mass is 16.1. The molecule has 1 unspecified atom stereocenters. The third-order valence-electron chi connectivity index (χ3n) is 3.83. The minimum absolute atomic E-state index is 0.0419. The van der Waals surface area contributed by atoms with Crippen molar-refractivity contribution >= 4 is 5.91 Å². The molecule has 2 rings (SSSR count). The Morgan fingerprint density at radius 3 is 3.10 bits per heavy atom. The summed E-state index contributed by atoms with van der Waals surface area (Å²) in [5, 5.41) is 10.9. The minimum atomic E-state index is 0.0419. The maximum absolute atomic E-state index is 11.5. The van der Waals surface area contributed by atoms with Crippen LogP contribution >= 0.6 is 0 Å². The number of aryl methyl sites for hydroxylation is 1. The van der Waals surface area contributed by atoms with E-state index in [0.717, 1.165) is 25.2 Å². The quantitative estimate of drug-likeness (QED) is 0.742. The molecule has 2 heterocycles. The van der Waals surface area contributed by atoms with Crippen molar-refractivity contribution in [2.45, 2.75) is 38.3 Å². The summed E-state index contributed by atoms with van der Waals surface area (Å²) in [5.74, 6) is 0.0419. The van der Waals surface area contributed by atoms with Gasteiger partial charge < -0.3 is 11.1 Å². The summed E-state index contributed by atoms with van der Waals surface area (Å²) in [6.07, 6.45) is 5.75. The number of carbonyl (C=O) groups excluding carboxylic acids is 1. The van der Waals surface area contributed by atoms with Gasteiger partial charge in [0.2, 0.25) is 5.91 Å². The van der Waals surface area contributed by atoms with Gasteiger partial charge in [-0.1, -0.05) is 11.6 Å². The maximum Gasteiger partial charge on any atom is 0.221 e. The average Bonchev–Trinajstić information content (AvgIpc) is 2.84. The Bertz CT molecular complexity index is 432. The summed E-state index contributed by atoms with van der Waals surface area (Å²) in [4.78, 5) is 13.9. The highest BCUT2D eigenvalue weighted by molar-refractivity contribution is 5.76. The van der Waals surface area contributed by atoms with Crippen molar-refractivity contribution in [2.75, 3.05) is 19.6 Å². The maximum atomic E-state index is 11.5. The van der Waals surface area contributed by atoms with Crippen LogP contribution in [-0.2, 0) is 18.4 Å². The number of nitrogens with zero attached hydrogens (tertiary/aromatic N) is 4. The Hall–Kier alpha value is -1.47. The van der Waals surface area contributed by atoms with Crippen LogP contribution in [0, 0.1) is 0 Å². The van der Waals surface area contributed by atoms with E-state index >= 15 is 0 Å². The van der Waals surface area contributed by atoms with Crippen molar-refractivity contribution in [1.29, 1.82) is 0 Å². The molecule has 1 atom stereocenters. The number of carbonyl (C=O) groups is 1. The second-order valence-electron chi connectivity index (χ2n) is 5.31. The number of hydrogen-bond acceptors (Lipinski definition) is 5. The number of aromatic nitrogens is 3. The van der Waals surface area contributed by atoms with Gasteiger partial charge >= 0.3 is 0 Å². The van der Waals surface area contributed by atoms with Gasteiger partial charge in [0.25, 0.3) is 0 Å². The number of nitrogens with one attached hydrogen (secondary N) is 1. The molecule has 1 saturated heterocycles. The first kappa shape index (κ1) is 14.9. The molecule has 1 amide bonds. The Morgan fingerprint density at radius 2 is 2.40 bits per heavy atom.